The van der Waals surface area contributed by atoms with Gasteiger partial charge in [-0.25, -0.2) is 0 Å². The van der Waals surface area contributed by atoms with E-state index in [-0.39, 0.29) is 19.1 Å². The molecule has 0 aliphatic carbocycles. The van der Waals surface area contributed by atoms with E-state index < -0.39 is 0 Å². The number of aliphatic hydroxyl groups excluding tert-OH is 1. The Bertz CT molecular complexity index is 972. The third-order valence-electron chi connectivity index (χ3n) is 3.59. The van der Waals surface area contributed by atoms with Crippen molar-refractivity contribution in [2.24, 2.45) is 0 Å². The first-order chi connectivity index (χ1) is 12.1. The zero-order valence-electron chi connectivity index (χ0n) is 13.5. The summed E-state index contributed by atoms with van der Waals surface area (Å²) in [7, 11) is 0. The van der Waals surface area contributed by atoms with Crippen LogP contribution in [0.2, 0.25) is 0 Å². The van der Waals surface area contributed by atoms with E-state index in [4.69, 9.17) is 9.84 Å². The molecule has 3 aromatic rings. The number of rotatable bonds is 5. The number of hydrogen-bond donors (Lipinski definition) is 3. The van der Waals surface area contributed by atoms with Crippen LogP contribution in [0.3, 0.4) is 0 Å². The number of aliphatic hydroxyl groups is 1. The number of amides is 1. The van der Waals surface area contributed by atoms with Crippen molar-refractivity contribution in [3.8, 4) is 23.1 Å². The fraction of sp³-hybridized carbons (Fsp3) is 0.167. The molecule has 0 aliphatic rings. The van der Waals surface area contributed by atoms with Gasteiger partial charge >= 0.3 is 0 Å². The van der Waals surface area contributed by atoms with Gasteiger partial charge in [0.05, 0.1) is 17.7 Å². The van der Waals surface area contributed by atoms with Crippen LogP contribution in [-0.4, -0.2) is 34.4 Å². The van der Waals surface area contributed by atoms with Crippen LogP contribution >= 0.6 is 0 Å². The van der Waals surface area contributed by atoms with E-state index in [0.717, 1.165) is 10.9 Å². The lowest BCUT2D eigenvalue weighted by Crippen LogP contribution is -2.05. The second-order valence-electron chi connectivity index (χ2n) is 5.41. The number of ether oxygens (including phenoxy) is 1. The van der Waals surface area contributed by atoms with Crippen LogP contribution in [0.1, 0.15) is 12.5 Å². The molecule has 1 aromatic heterocycles. The van der Waals surface area contributed by atoms with Crippen molar-refractivity contribution in [2.75, 3.05) is 18.5 Å². The zero-order valence-corrected chi connectivity index (χ0v) is 13.5. The maximum atomic E-state index is 11.2. The van der Waals surface area contributed by atoms with Gasteiger partial charge < -0.3 is 15.2 Å². The van der Waals surface area contributed by atoms with Crippen LogP contribution in [-0.2, 0) is 4.79 Å². The fourth-order valence-corrected chi connectivity index (χ4v) is 2.57. The molecule has 2 aromatic carbocycles. The van der Waals surface area contributed by atoms with E-state index in [0.29, 0.717) is 28.2 Å². The van der Waals surface area contributed by atoms with Crippen molar-refractivity contribution in [3.05, 3.63) is 42.0 Å². The van der Waals surface area contributed by atoms with Crippen molar-refractivity contribution in [1.82, 2.24) is 10.2 Å². The summed E-state index contributed by atoms with van der Waals surface area (Å²) in [6, 6.07) is 12.8. The molecule has 0 bridgehead atoms. The van der Waals surface area contributed by atoms with Gasteiger partial charge in [0.2, 0.25) is 5.91 Å². The number of fused-ring (bicyclic) bond motifs is 1. The quantitative estimate of drug-likeness (QED) is 0.662. The maximum absolute atomic E-state index is 11.2. The van der Waals surface area contributed by atoms with Crippen molar-refractivity contribution in [2.45, 2.75) is 6.92 Å². The lowest BCUT2D eigenvalue weighted by atomic mass is 10.0. The molecule has 0 saturated heterocycles. The molecule has 7 nitrogen and oxygen atoms in total. The highest BCUT2D eigenvalue weighted by molar-refractivity contribution is 5.96. The number of hydrogen-bond acceptors (Lipinski definition) is 5. The van der Waals surface area contributed by atoms with Gasteiger partial charge in [-0.1, -0.05) is 12.1 Å². The fourth-order valence-electron chi connectivity index (χ4n) is 2.57. The van der Waals surface area contributed by atoms with E-state index >= 15 is 0 Å². The summed E-state index contributed by atoms with van der Waals surface area (Å²) >= 11 is 0. The molecule has 0 aliphatic heterocycles. The van der Waals surface area contributed by atoms with Gasteiger partial charge in [0.1, 0.15) is 24.1 Å². The third kappa shape index (κ3) is 3.44. The van der Waals surface area contributed by atoms with Gasteiger partial charge in [-0.05, 0) is 24.3 Å². The van der Waals surface area contributed by atoms with Crippen LogP contribution in [0.4, 0.5) is 5.69 Å². The number of H-pyrrole nitrogens is 1. The van der Waals surface area contributed by atoms with Crippen LogP contribution in [0.5, 0.6) is 5.75 Å². The summed E-state index contributed by atoms with van der Waals surface area (Å²) in [6.07, 6.45) is 0. The van der Waals surface area contributed by atoms with Crippen LogP contribution in [0, 0.1) is 11.3 Å². The first-order valence-corrected chi connectivity index (χ1v) is 7.66. The monoisotopic (exact) mass is 336 g/mol. The molecule has 0 atom stereocenters. The number of benzene rings is 2. The number of nitriles is 1. The average Bonchev–Trinajstić information content (AvgIpc) is 3.01. The molecular formula is C18H16N4O3. The Morgan fingerprint density at radius 3 is 2.96 bits per heavy atom. The summed E-state index contributed by atoms with van der Waals surface area (Å²) in [6.45, 7) is 1.41. The second kappa shape index (κ2) is 7.03. The summed E-state index contributed by atoms with van der Waals surface area (Å²) in [5, 5.41) is 29.0. The Hall–Kier alpha value is -3.37. The maximum Gasteiger partial charge on any atom is 0.221 e. The minimum atomic E-state index is -0.151. The van der Waals surface area contributed by atoms with Gasteiger partial charge in [-0.2, -0.15) is 10.4 Å². The van der Waals surface area contributed by atoms with Crippen LogP contribution in [0.25, 0.3) is 22.2 Å². The molecule has 25 heavy (non-hydrogen) atoms. The largest absolute Gasteiger partial charge is 0.490 e. The predicted octanol–water partition coefficient (Wildman–Crippen LogP) is 2.43. The highest BCUT2D eigenvalue weighted by Crippen LogP contribution is 2.32. The molecule has 1 heterocycles. The first-order valence-electron chi connectivity index (χ1n) is 7.66. The number of aromatic amines is 1. The number of carbonyl (C=O) groups is 1. The summed E-state index contributed by atoms with van der Waals surface area (Å²) < 4.78 is 5.45. The van der Waals surface area contributed by atoms with E-state index in [1.54, 1.807) is 18.2 Å². The number of nitrogens with zero attached hydrogens (tertiary/aromatic N) is 2. The van der Waals surface area contributed by atoms with Crippen molar-refractivity contribution < 1.29 is 14.6 Å². The highest BCUT2D eigenvalue weighted by atomic mass is 16.5. The SMILES string of the molecule is CC(=O)Nc1cccc(-c2n[nH]c3cc(C#N)c(OCCO)cc23)c1. The van der Waals surface area contributed by atoms with E-state index in [2.05, 4.69) is 21.6 Å². The topological polar surface area (TPSA) is 111 Å². The first kappa shape index (κ1) is 16.5. The van der Waals surface area contributed by atoms with E-state index in [1.165, 1.54) is 6.92 Å². The summed E-state index contributed by atoms with van der Waals surface area (Å²) in [5.74, 6) is 0.243. The van der Waals surface area contributed by atoms with Crippen molar-refractivity contribution >= 4 is 22.5 Å². The minimum Gasteiger partial charge on any atom is -0.490 e. The van der Waals surface area contributed by atoms with Gasteiger partial charge in [0.25, 0.3) is 0 Å². The molecule has 0 radical (unpaired) electrons. The van der Waals surface area contributed by atoms with Crippen molar-refractivity contribution in [1.29, 1.82) is 5.26 Å². The molecule has 7 heteroatoms. The van der Waals surface area contributed by atoms with Gasteiger partial charge in [0, 0.05) is 23.6 Å². The molecule has 0 saturated carbocycles. The molecule has 1 amide bonds. The van der Waals surface area contributed by atoms with Crippen molar-refractivity contribution in [3.63, 3.8) is 0 Å². The molecular weight excluding hydrogens is 320 g/mol. The molecule has 0 spiro atoms. The lowest BCUT2D eigenvalue weighted by Gasteiger charge is -2.07. The average molecular weight is 336 g/mol. The number of nitrogens with one attached hydrogen (secondary N) is 2. The number of anilines is 1. The Morgan fingerprint density at radius 2 is 2.24 bits per heavy atom. The van der Waals surface area contributed by atoms with Gasteiger partial charge in [-0.15, -0.1) is 0 Å². The predicted molar refractivity (Wildman–Crippen MR) is 93.1 cm³/mol. The lowest BCUT2D eigenvalue weighted by molar-refractivity contribution is -0.114. The zero-order chi connectivity index (χ0) is 17.8. The number of aromatic nitrogens is 2. The Balaban J connectivity index is 2.08. The standard InChI is InChI=1S/C18H16N4O3/c1-11(24)20-14-4-2-3-12(7-14)18-15-9-17(25-6-5-23)13(10-19)8-16(15)21-22-18/h2-4,7-9,23H,5-6H2,1H3,(H,20,24)(H,21,22). The van der Waals surface area contributed by atoms with E-state index in [9.17, 15) is 10.1 Å². The second-order valence-corrected chi connectivity index (χ2v) is 5.41. The molecule has 126 valence electrons. The molecule has 0 fully saturated rings. The Morgan fingerprint density at radius 1 is 1.40 bits per heavy atom. The Labute approximate surface area is 143 Å². The van der Waals surface area contributed by atoms with Crippen LogP contribution in [0.15, 0.2) is 36.4 Å². The third-order valence-corrected chi connectivity index (χ3v) is 3.59. The molecule has 0 unspecified atom stereocenters. The van der Waals surface area contributed by atoms with E-state index in [1.807, 2.05) is 18.2 Å². The smallest absolute Gasteiger partial charge is 0.221 e. The van der Waals surface area contributed by atoms with Gasteiger partial charge in [-0.3, -0.25) is 9.89 Å². The Kier molecular flexibility index (Phi) is 4.64. The summed E-state index contributed by atoms with van der Waals surface area (Å²) in [4.78, 5) is 11.2. The minimum absolute atomic E-state index is 0.103. The number of carbonyl (C=O) groups excluding carboxylic acids is 1. The summed E-state index contributed by atoms with van der Waals surface area (Å²) in [5.41, 5.74) is 3.23. The van der Waals surface area contributed by atoms with Gasteiger partial charge in [0.15, 0.2) is 0 Å². The highest BCUT2D eigenvalue weighted by Gasteiger charge is 2.13. The van der Waals surface area contributed by atoms with Crippen LogP contribution < -0.4 is 10.1 Å². The molecule has 3 N–H and O–H groups in total. The molecule has 3 rings (SSSR count). The normalized spacial score (nSPS) is 10.4.